The fraction of sp³-hybridized carbons (Fsp3) is 0.462. The predicted molar refractivity (Wildman–Crippen MR) is 65.9 cm³/mol. The molecule has 0 aliphatic carbocycles. The van der Waals surface area contributed by atoms with Crippen LogP contribution in [0.5, 0.6) is 5.75 Å². The Bertz CT molecular complexity index is 365. The molecule has 4 heteroatoms. The molecule has 4 nitrogen and oxygen atoms in total. The van der Waals surface area contributed by atoms with Crippen LogP contribution in [0.25, 0.3) is 0 Å². The van der Waals surface area contributed by atoms with E-state index in [0.717, 1.165) is 5.56 Å². The van der Waals surface area contributed by atoms with E-state index >= 15 is 0 Å². The highest BCUT2D eigenvalue weighted by atomic mass is 16.5. The van der Waals surface area contributed by atoms with Crippen molar-refractivity contribution in [3.05, 3.63) is 29.8 Å². The number of aliphatic hydroxyl groups excluding tert-OH is 1. The lowest BCUT2D eigenvalue weighted by molar-refractivity contribution is -0.121. The van der Waals surface area contributed by atoms with Crippen molar-refractivity contribution in [1.29, 1.82) is 0 Å². The van der Waals surface area contributed by atoms with Gasteiger partial charge in [-0.2, -0.15) is 0 Å². The zero-order valence-corrected chi connectivity index (χ0v) is 10.3. The lowest BCUT2D eigenvalue weighted by Gasteiger charge is -2.14. The Labute approximate surface area is 102 Å². The van der Waals surface area contributed by atoms with Crippen LogP contribution in [0.3, 0.4) is 0 Å². The van der Waals surface area contributed by atoms with Gasteiger partial charge in [-0.3, -0.25) is 4.79 Å². The van der Waals surface area contributed by atoms with E-state index in [1.54, 1.807) is 13.1 Å². The third-order valence-corrected chi connectivity index (χ3v) is 2.53. The normalized spacial score (nSPS) is 11.9. The van der Waals surface area contributed by atoms with Crippen LogP contribution < -0.4 is 10.1 Å². The Kier molecular flexibility index (Phi) is 5.49. The van der Waals surface area contributed by atoms with Crippen LogP contribution in [0.2, 0.25) is 0 Å². The molecule has 0 saturated carbocycles. The van der Waals surface area contributed by atoms with Gasteiger partial charge in [-0.15, -0.1) is 0 Å². The average Bonchev–Trinajstić information content (AvgIpc) is 2.38. The number of ether oxygens (including phenoxy) is 1. The van der Waals surface area contributed by atoms with Gasteiger partial charge in [0, 0.05) is 12.6 Å². The second-order valence-electron chi connectivity index (χ2n) is 3.73. The minimum Gasteiger partial charge on any atom is -0.493 e. The maximum Gasteiger partial charge on any atom is 0.223 e. The summed E-state index contributed by atoms with van der Waals surface area (Å²) in [6.07, 6.45) is 0.425. The fourth-order valence-electron chi connectivity index (χ4n) is 1.49. The predicted octanol–water partition coefficient (Wildman–Crippen LogP) is 1.64. The summed E-state index contributed by atoms with van der Waals surface area (Å²) in [6, 6.07) is 7.35. The van der Waals surface area contributed by atoms with Crippen LogP contribution in [-0.4, -0.2) is 24.7 Å². The zero-order chi connectivity index (χ0) is 12.7. The SMILES string of the molecule is CCC(O)c1ccccc1OCCC(=O)NC. The topological polar surface area (TPSA) is 58.6 Å². The van der Waals surface area contributed by atoms with Crippen molar-refractivity contribution in [2.75, 3.05) is 13.7 Å². The van der Waals surface area contributed by atoms with Crippen molar-refractivity contribution in [3.8, 4) is 5.75 Å². The molecule has 0 fully saturated rings. The van der Waals surface area contributed by atoms with Gasteiger partial charge in [-0.05, 0) is 12.5 Å². The fourth-order valence-corrected chi connectivity index (χ4v) is 1.49. The molecular weight excluding hydrogens is 218 g/mol. The van der Waals surface area contributed by atoms with Crippen molar-refractivity contribution in [2.24, 2.45) is 0 Å². The molecule has 0 radical (unpaired) electrons. The van der Waals surface area contributed by atoms with Gasteiger partial charge >= 0.3 is 0 Å². The Balaban J connectivity index is 2.61. The van der Waals surface area contributed by atoms with E-state index in [1.165, 1.54) is 0 Å². The lowest BCUT2D eigenvalue weighted by Crippen LogP contribution is -2.20. The summed E-state index contributed by atoms with van der Waals surface area (Å²) in [5.41, 5.74) is 0.770. The number of hydrogen-bond acceptors (Lipinski definition) is 3. The molecule has 94 valence electrons. The van der Waals surface area contributed by atoms with Crippen LogP contribution in [-0.2, 0) is 4.79 Å². The monoisotopic (exact) mass is 237 g/mol. The van der Waals surface area contributed by atoms with Crippen molar-refractivity contribution in [3.63, 3.8) is 0 Å². The number of amides is 1. The molecule has 0 bridgehead atoms. The number of carbonyl (C=O) groups is 1. The van der Waals surface area contributed by atoms with E-state index in [4.69, 9.17) is 4.74 Å². The molecule has 0 spiro atoms. The first-order valence-electron chi connectivity index (χ1n) is 5.79. The molecular formula is C13H19NO3. The summed E-state index contributed by atoms with van der Waals surface area (Å²) in [4.78, 5) is 11.0. The Morgan fingerprint density at radius 1 is 1.47 bits per heavy atom. The maximum absolute atomic E-state index is 11.0. The van der Waals surface area contributed by atoms with Crippen molar-refractivity contribution in [1.82, 2.24) is 5.32 Å². The summed E-state index contributed by atoms with van der Waals surface area (Å²) in [5.74, 6) is 0.587. The van der Waals surface area contributed by atoms with Crippen molar-refractivity contribution >= 4 is 5.91 Å². The first-order valence-corrected chi connectivity index (χ1v) is 5.79. The third kappa shape index (κ3) is 4.07. The molecule has 17 heavy (non-hydrogen) atoms. The van der Waals surface area contributed by atoms with Crippen LogP contribution >= 0.6 is 0 Å². The molecule has 0 aliphatic heterocycles. The molecule has 1 aromatic carbocycles. The Morgan fingerprint density at radius 2 is 2.18 bits per heavy atom. The van der Waals surface area contributed by atoms with Gasteiger partial charge in [0.15, 0.2) is 0 Å². The van der Waals surface area contributed by atoms with Gasteiger partial charge in [-0.25, -0.2) is 0 Å². The van der Waals surface area contributed by atoms with Crippen LogP contribution in [0.1, 0.15) is 31.4 Å². The second kappa shape index (κ2) is 6.91. The summed E-state index contributed by atoms with van der Waals surface area (Å²) in [7, 11) is 1.59. The summed E-state index contributed by atoms with van der Waals surface area (Å²) in [5, 5.41) is 12.3. The summed E-state index contributed by atoms with van der Waals surface area (Å²) >= 11 is 0. The molecule has 0 heterocycles. The highest BCUT2D eigenvalue weighted by molar-refractivity contribution is 5.75. The quantitative estimate of drug-likeness (QED) is 0.791. The maximum atomic E-state index is 11.0. The zero-order valence-electron chi connectivity index (χ0n) is 10.3. The van der Waals surface area contributed by atoms with Gasteiger partial charge in [0.2, 0.25) is 5.91 Å². The van der Waals surface area contributed by atoms with Crippen LogP contribution in [0.15, 0.2) is 24.3 Å². The molecule has 1 rings (SSSR count). The molecule has 1 atom stereocenters. The minimum atomic E-state index is -0.522. The highest BCUT2D eigenvalue weighted by Gasteiger charge is 2.11. The minimum absolute atomic E-state index is 0.0569. The molecule has 0 saturated heterocycles. The first-order chi connectivity index (χ1) is 8.19. The van der Waals surface area contributed by atoms with Gasteiger partial charge in [0.25, 0.3) is 0 Å². The average molecular weight is 237 g/mol. The van der Waals surface area contributed by atoms with Crippen molar-refractivity contribution in [2.45, 2.75) is 25.9 Å². The van der Waals surface area contributed by atoms with E-state index in [-0.39, 0.29) is 5.91 Å². The highest BCUT2D eigenvalue weighted by Crippen LogP contribution is 2.26. The smallest absolute Gasteiger partial charge is 0.223 e. The van der Waals surface area contributed by atoms with E-state index in [2.05, 4.69) is 5.32 Å². The van der Waals surface area contributed by atoms with Crippen LogP contribution in [0, 0.1) is 0 Å². The Morgan fingerprint density at radius 3 is 2.82 bits per heavy atom. The second-order valence-corrected chi connectivity index (χ2v) is 3.73. The van der Waals surface area contributed by atoms with Gasteiger partial charge < -0.3 is 15.2 Å². The summed E-state index contributed by atoms with van der Waals surface area (Å²) in [6.45, 7) is 2.22. The Hall–Kier alpha value is -1.55. The summed E-state index contributed by atoms with van der Waals surface area (Å²) < 4.78 is 5.51. The van der Waals surface area contributed by atoms with Gasteiger partial charge in [0.1, 0.15) is 5.75 Å². The number of carbonyl (C=O) groups excluding carboxylic acids is 1. The number of para-hydroxylation sites is 1. The number of aliphatic hydroxyl groups is 1. The van der Waals surface area contributed by atoms with E-state index in [0.29, 0.717) is 25.2 Å². The molecule has 1 aromatic rings. The van der Waals surface area contributed by atoms with Crippen molar-refractivity contribution < 1.29 is 14.6 Å². The molecule has 1 amide bonds. The number of nitrogens with one attached hydrogen (secondary N) is 1. The van der Waals surface area contributed by atoms with Gasteiger partial charge in [-0.1, -0.05) is 25.1 Å². The van der Waals surface area contributed by atoms with Gasteiger partial charge in [0.05, 0.1) is 19.1 Å². The van der Waals surface area contributed by atoms with E-state index in [1.807, 2.05) is 25.1 Å². The first kappa shape index (κ1) is 13.5. The molecule has 0 aliphatic rings. The number of benzene rings is 1. The molecule has 2 N–H and O–H groups in total. The number of rotatable bonds is 6. The van der Waals surface area contributed by atoms with Crippen LogP contribution in [0.4, 0.5) is 0 Å². The van der Waals surface area contributed by atoms with E-state index in [9.17, 15) is 9.90 Å². The van der Waals surface area contributed by atoms with E-state index < -0.39 is 6.10 Å². The third-order valence-electron chi connectivity index (χ3n) is 2.53. The standard InChI is InChI=1S/C13H19NO3/c1-3-11(15)10-6-4-5-7-12(10)17-9-8-13(16)14-2/h4-7,11,15H,3,8-9H2,1-2H3,(H,14,16). The molecule has 1 unspecified atom stereocenters. The lowest BCUT2D eigenvalue weighted by atomic mass is 10.1. The molecule has 0 aromatic heterocycles. The number of hydrogen-bond donors (Lipinski definition) is 2. The largest absolute Gasteiger partial charge is 0.493 e.